The maximum Gasteiger partial charge on any atom is 0.243 e. The lowest BCUT2D eigenvalue weighted by Gasteiger charge is -2.53. The first-order valence-corrected chi connectivity index (χ1v) is 9.66. The van der Waals surface area contributed by atoms with Gasteiger partial charge in [-0.05, 0) is 51.2 Å². The minimum absolute atomic E-state index is 0. The molecule has 122 valence electrons. The third-order valence-corrected chi connectivity index (χ3v) is 7.62. The normalized spacial score (nSPS) is 30.5. The number of sulfonamides is 1. The number of hydrogen-bond donors (Lipinski definition) is 1. The summed E-state index contributed by atoms with van der Waals surface area (Å²) in [7, 11) is -3.33. The topological polar surface area (TPSA) is 49.4 Å². The van der Waals surface area contributed by atoms with E-state index in [-0.39, 0.29) is 6.84 Å². The van der Waals surface area contributed by atoms with Crippen LogP contribution in [0.25, 0.3) is 0 Å². The van der Waals surface area contributed by atoms with Gasteiger partial charge in [-0.3, -0.25) is 0 Å². The highest BCUT2D eigenvalue weighted by Crippen LogP contribution is 2.48. The Labute approximate surface area is 134 Å². The number of nitrogens with one attached hydrogen (secondary N) is 1. The fourth-order valence-corrected chi connectivity index (χ4v) is 6.58. The first-order chi connectivity index (χ1) is 10.4. The Hall–Kier alpha value is -0.910. The van der Waals surface area contributed by atoms with Crippen LogP contribution in [0.3, 0.4) is 0 Å². The van der Waals surface area contributed by atoms with Crippen molar-refractivity contribution in [3.63, 3.8) is 0 Å². The number of benzene rings is 1. The molecule has 0 amide bonds. The molecular weight excluding hydrogens is 296 g/mol. The molecule has 2 atom stereocenters. The Morgan fingerprint density at radius 3 is 2.41 bits per heavy atom. The van der Waals surface area contributed by atoms with Crippen LogP contribution in [0.5, 0.6) is 0 Å². The van der Waals surface area contributed by atoms with Gasteiger partial charge in [0.2, 0.25) is 10.0 Å². The van der Waals surface area contributed by atoms with Gasteiger partial charge in [0.05, 0.1) is 4.90 Å². The minimum Gasteiger partial charge on any atom is -0.311 e. The lowest BCUT2D eigenvalue weighted by atomic mass is 9.71. The molecule has 4 rings (SSSR count). The molecule has 3 fully saturated rings. The van der Waals surface area contributed by atoms with Crippen molar-refractivity contribution in [3.8, 4) is 0 Å². The van der Waals surface area contributed by atoms with Crippen molar-refractivity contribution in [1.29, 1.82) is 0 Å². The zero-order valence-corrected chi connectivity index (χ0v) is 14.1. The molecule has 2 bridgehead atoms. The molecule has 1 aromatic carbocycles. The highest BCUT2D eigenvalue weighted by molar-refractivity contribution is 7.89. The molecule has 4 nitrogen and oxygen atoms in total. The summed E-state index contributed by atoms with van der Waals surface area (Å²) in [5, 5.41) is 3.65. The molecule has 1 aromatic rings. The Kier molecular flexibility index (Phi) is 3.19. The van der Waals surface area contributed by atoms with Crippen LogP contribution in [-0.2, 0) is 10.0 Å². The summed E-state index contributed by atoms with van der Waals surface area (Å²) in [5.41, 5.74) is 2.20. The van der Waals surface area contributed by atoms with Crippen molar-refractivity contribution in [2.45, 2.75) is 56.5 Å². The fourth-order valence-electron chi connectivity index (χ4n) is 4.71. The largest absolute Gasteiger partial charge is 0.311 e. The maximum atomic E-state index is 12.9. The third kappa shape index (κ3) is 2.22. The van der Waals surface area contributed by atoms with Crippen LogP contribution in [0, 0.1) is 19.3 Å². The van der Waals surface area contributed by atoms with Crippen LogP contribution in [0.2, 0.25) is 0 Å². The summed E-state index contributed by atoms with van der Waals surface area (Å²) >= 11 is 0. The second kappa shape index (κ2) is 4.79. The number of rotatable bonds is 2. The molecule has 0 saturated carbocycles. The Morgan fingerprint density at radius 2 is 1.82 bits per heavy atom. The van der Waals surface area contributed by atoms with Gasteiger partial charge in [0.15, 0.2) is 0 Å². The van der Waals surface area contributed by atoms with Crippen molar-refractivity contribution in [1.82, 2.24) is 9.62 Å². The number of hydrogen-bond acceptors (Lipinski definition) is 3. The van der Waals surface area contributed by atoms with Crippen molar-refractivity contribution in [2.24, 2.45) is 5.41 Å². The Bertz CT molecular complexity index is 699. The van der Waals surface area contributed by atoms with E-state index in [0.29, 0.717) is 30.1 Å². The smallest absolute Gasteiger partial charge is 0.243 e. The van der Waals surface area contributed by atoms with Crippen molar-refractivity contribution < 1.29 is 9.84 Å². The summed E-state index contributed by atoms with van der Waals surface area (Å²) in [6.07, 6.45) is 4.80. The minimum atomic E-state index is -3.33. The SMILES string of the molecule is Cc1ccc(S(=O)(=O)N2CC3(CC4CCC(C3)N4)C2)c(C)c1.[HH]. The van der Waals surface area contributed by atoms with E-state index in [2.05, 4.69) is 5.32 Å². The average Bonchev–Trinajstić information content (AvgIpc) is 2.74. The molecule has 1 spiro atoms. The molecule has 2 unspecified atom stereocenters. The second-order valence-electron chi connectivity index (χ2n) is 7.59. The third-order valence-electron chi connectivity index (χ3n) is 5.67. The predicted octanol–water partition coefficient (Wildman–Crippen LogP) is 2.45. The van der Waals surface area contributed by atoms with E-state index >= 15 is 0 Å². The average molecular weight is 322 g/mol. The van der Waals surface area contributed by atoms with Gasteiger partial charge in [0, 0.05) is 32.0 Å². The van der Waals surface area contributed by atoms with Crippen LogP contribution < -0.4 is 5.32 Å². The van der Waals surface area contributed by atoms with Gasteiger partial charge >= 0.3 is 0 Å². The summed E-state index contributed by atoms with van der Waals surface area (Å²) in [5.74, 6) is 0. The van der Waals surface area contributed by atoms with E-state index in [1.165, 1.54) is 12.8 Å². The standard InChI is InChI=1S/C17H24N2O2S.H2/c1-12-3-6-16(13(2)7-12)22(20,21)19-10-17(11-19)8-14-4-5-15(9-17)18-14;/h3,6-7,14-15,18H,4-5,8-11H2,1-2H3;1H. The molecule has 3 heterocycles. The van der Waals surface area contributed by atoms with Gasteiger partial charge in [-0.2, -0.15) is 4.31 Å². The van der Waals surface area contributed by atoms with Gasteiger partial charge in [-0.25, -0.2) is 8.42 Å². The monoisotopic (exact) mass is 322 g/mol. The van der Waals surface area contributed by atoms with E-state index in [1.54, 1.807) is 10.4 Å². The van der Waals surface area contributed by atoms with Crippen LogP contribution in [0.4, 0.5) is 0 Å². The van der Waals surface area contributed by atoms with Gasteiger partial charge in [-0.1, -0.05) is 17.7 Å². The van der Waals surface area contributed by atoms with E-state index in [9.17, 15) is 8.42 Å². The molecule has 3 aliphatic heterocycles. The van der Waals surface area contributed by atoms with Crippen LogP contribution >= 0.6 is 0 Å². The van der Waals surface area contributed by atoms with Gasteiger partial charge < -0.3 is 5.32 Å². The van der Waals surface area contributed by atoms with E-state index in [1.807, 2.05) is 26.0 Å². The fraction of sp³-hybridized carbons (Fsp3) is 0.647. The summed E-state index contributed by atoms with van der Waals surface area (Å²) in [6, 6.07) is 6.83. The van der Waals surface area contributed by atoms with E-state index in [0.717, 1.165) is 24.0 Å². The van der Waals surface area contributed by atoms with Crippen LogP contribution in [0.15, 0.2) is 23.1 Å². The molecule has 0 radical (unpaired) electrons. The lowest BCUT2D eigenvalue weighted by molar-refractivity contribution is 0.0183. The van der Waals surface area contributed by atoms with E-state index < -0.39 is 10.0 Å². The molecule has 22 heavy (non-hydrogen) atoms. The van der Waals surface area contributed by atoms with Gasteiger partial charge in [-0.15, -0.1) is 0 Å². The molecule has 3 saturated heterocycles. The maximum absolute atomic E-state index is 12.9. The van der Waals surface area contributed by atoms with Crippen LogP contribution in [0.1, 0.15) is 38.2 Å². The number of nitrogens with zero attached hydrogens (tertiary/aromatic N) is 1. The van der Waals surface area contributed by atoms with Crippen molar-refractivity contribution in [3.05, 3.63) is 29.3 Å². The molecule has 0 aromatic heterocycles. The zero-order valence-electron chi connectivity index (χ0n) is 13.3. The molecule has 0 aliphatic carbocycles. The summed E-state index contributed by atoms with van der Waals surface area (Å²) in [4.78, 5) is 0.477. The first kappa shape index (κ1) is 14.7. The summed E-state index contributed by atoms with van der Waals surface area (Å²) in [6.45, 7) is 5.29. The Morgan fingerprint density at radius 1 is 1.18 bits per heavy atom. The second-order valence-corrected chi connectivity index (χ2v) is 9.49. The highest BCUT2D eigenvalue weighted by Gasteiger charge is 2.53. The summed E-state index contributed by atoms with van der Waals surface area (Å²) < 4.78 is 27.4. The number of fused-ring (bicyclic) bond motifs is 2. The van der Waals surface area contributed by atoms with E-state index in [4.69, 9.17) is 0 Å². The molecule has 5 heteroatoms. The number of piperidine rings is 1. The van der Waals surface area contributed by atoms with Gasteiger partial charge in [0.1, 0.15) is 0 Å². The van der Waals surface area contributed by atoms with Crippen molar-refractivity contribution >= 4 is 10.0 Å². The van der Waals surface area contributed by atoms with Crippen molar-refractivity contribution in [2.75, 3.05) is 13.1 Å². The highest BCUT2D eigenvalue weighted by atomic mass is 32.2. The first-order valence-electron chi connectivity index (χ1n) is 8.22. The quantitative estimate of drug-likeness (QED) is 0.910. The van der Waals surface area contributed by atoms with Gasteiger partial charge in [0.25, 0.3) is 0 Å². The molecule has 1 N–H and O–H groups in total. The lowest BCUT2D eigenvalue weighted by Crippen LogP contribution is -2.63. The number of aryl methyl sites for hydroxylation is 2. The zero-order chi connectivity index (χ0) is 15.5. The molecular formula is C17H26N2O2S. The van der Waals surface area contributed by atoms with Crippen LogP contribution in [-0.4, -0.2) is 37.9 Å². The Balaban J connectivity index is 0.00000156. The predicted molar refractivity (Wildman–Crippen MR) is 88.4 cm³/mol. The molecule has 3 aliphatic rings.